The number of carbonyl (C=O) groups excluding carboxylic acids is 2. The minimum Gasteiger partial charge on any atom is -0.477 e. The first-order chi connectivity index (χ1) is 7.43. The van der Waals surface area contributed by atoms with Gasteiger partial charge in [-0.25, -0.2) is 9.78 Å². The molecular weight excluding hydrogens is 216 g/mol. The number of rotatable bonds is 4. The number of hydrogen-bond donors (Lipinski definition) is 4. The molecule has 86 valence electrons. The lowest BCUT2D eigenvalue weighted by Gasteiger charge is -2.08. The lowest BCUT2D eigenvalue weighted by Crippen LogP contribution is -2.42. The molecule has 0 fully saturated rings. The van der Waals surface area contributed by atoms with Crippen molar-refractivity contribution in [3.63, 3.8) is 0 Å². The first-order valence-corrected chi connectivity index (χ1v) is 4.30. The van der Waals surface area contributed by atoms with Crippen molar-refractivity contribution < 1.29 is 19.5 Å². The molecule has 0 bridgehead atoms. The van der Waals surface area contributed by atoms with E-state index in [4.69, 9.17) is 10.8 Å². The Hall–Kier alpha value is -2.38. The van der Waals surface area contributed by atoms with Gasteiger partial charge in [0.05, 0.1) is 6.33 Å². The number of nitrogens with zero attached hydrogens (tertiary/aromatic N) is 1. The molecule has 0 saturated carbocycles. The topological polar surface area (TPSA) is 138 Å². The maximum atomic E-state index is 11.5. The minimum atomic E-state index is -1.31. The number of primary amides is 1. The average Bonchev–Trinajstić information content (AvgIpc) is 2.65. The molecule has 8 nitrogen and oxygen atoms in total. The van der Waals surface area contributed by atoms with Crippen molar-refractivity contribution in [2.75, 3.05) is 0 Å². The number of imidazole rings is 1. The Morgan fingerprint density at radius 2 is 2.19 bits per heavy atom. The summed E-state index contributed by atoms with van der Waals surface area (Å²) in [7, 11) is 0. The number of aromatic nitrogens is 2. The third kappa shape index (κ3) is 2.35. The van der Waals surface area contributed by atoms with Crippen LogP contribution in [0.4, 0.5) is 0 Å². The Balaban J connectivity index is 2.85. The SMILES string of the molecule is CC(NC(=O)c1nc[nH]c1C(=O)O)C(N)=O. The zero-order valence-corrected chi connectivity index (χ0v) is 8.35. The van der Waals surface area contributed by atoms with Crippen LogP contribution < -0.4 is 11.1 Å². The molecule has 5 N–H and O–H groups in total. The second-order valence-electron chi connectivity index (χ2n) is 3.03. The summed E-state index contributed by atoms with van der Waals surface area (Å²) in [5.74, 6) is -2.81. The molecule has 0 spiro atoms. The van der Waals surface area contributed by atoms with Crippen LogP contribution in [-0.2, 0) is 4.79 Å². The predicted molar refractivity (Wildman–Crippen MR) is 51.7 cm³/mol. The van der Waals surface area contributed by atoms with E-state index < -0.39 is 23.8 Å². The molecule has 1 atom stereocenters. The van der Waals surface area contributed by atoms with Gasteiger partial charge in [-0.3, -0.25) is 9.59 Å². The van der Waals surface area contributed by atoms with Crippen LogP contribution in [0.15, 0.2) is 6.33 Å². The lowest BCUT2D eigenvalue weighted by atomic mass is 10.2. The van der Waals surface area contributed by atoms with Gasteiger partial charge in [0.1, 0.15) is 6.04 Å². The van der Waals surface area contributed by atoms with Crippen molar-refractivity contribution in [2.24, 2.45) is 5.73 Å². The van der Waals surface area contributed by atoms with E-state index in [1.807, 2.05) is 0 Å². The predicted octanol–water partition coefficient (Wildman–Crippen LogP) is -1.29. The summed E-state index contributed by atoms with van der Waals surface area (Å²) in [4.78, 5) is 38.7. The summed E-state index contributed by atoms with van der Waals surface area (Å²) >= 11 is 0. The van der Waals surface area contributed by atoms with E-state index in [0.29, 0.717) is 0 Å². The Labute approximate surface area is 89.9 Å². The van der Waals surface area contributed by atoms with Gasteiger partial charge in [-0.1, -0.05) is 0 Å². The quantitative estimate of drug-likeness (QED) is 0.506. The molecule has 1 aromatic rings. The van der Waals surface area contributed by atoms with Crippen molar-refractivity contribution in [2.45, 2.75) is 13.0 Å². The van der Waals surface area contributed by atoms with E-state index in [9.17, 15) is 14.4 Å². The molecule has 0 aromatic carbocycles. The fraction of sp³-hybridized carbons (Fsp3) is 0.250. The van der Waals surface area contributed by atoms with E-state index in [2.05, 4.69) is 15.3 Å². The van der Waals surface area contributed by atoms with Gasteiger partial charge in [0.25, 0.3) is 5.91 Å². The zero-order chi connectivity index (χ0) is 12.3. The van der Waals surface area contributed by atoms with Gasteiger partial charge in [0.15, 0.2) is 11.4 Å². The normalized spacial score (nSPS) is 11.8. The Bertz CT molecular complexity index is 439. The number of nitrogens with one attached hydrogen (secondary N) is 2. The zero-order valence-electron chi connectivity index (χ0n) is 8.35. The fourth-order valence-electron chi connectivity index (χ4n) is 0.966. The van der Waals surface area contributed by atoms with Gasteiger partial charge in [0, 0.05) is 0 Å². The summed E-state index contributed by atoms with van der Waals surface area (Å²) in [5.41, 5.74) is 4.31. The van der Waals surface area contributed by atoms with E-state index in [-0.39, 0.29) is 11.4 Å². The molecule has 8 heteroatoms. The smallest absolute Gasteiger partial charge is 0.354 e. The van der Waals surface area contributed by atoms with Crippen molar-refractivity contribution in [3.05, 3.63) is 17.7 Å². The number of amides is 2. The molecule has 1 unspecified atom stereocenters. The van der Waals surface area contributed by atoms with Crippen LogP contribution >= 0.6 is 0 Å². The molecule has 1 rings (SSSR count). The summed E-state index contributed by atoms with van der Waals surface area (Å²) in [6.45, 7) is 1.38. The van der Waals surface area contributed by atoms with Gasteiger partial charge in [-0.05, 0) is 6.92 Å². The Morgan fingerprint density at radius 1 is 1.56 bits per heavy atom. The highest BCUT2D eigenvalue weighted by molar-refractivity contribution is 6.03. The van der Waals surface area contributed by atoms with Crippen LogP contribution in [0.1, 0.15) is 27.9 Å². The summed E-state index contributed by atoms with van der Waals surface area (Å²) < 4.78 is 0. The van der Waals surface area contributed by atoms with Gasteiger partial charge >= 0.3 is 5.97 Å². The number of aromatic carboxylic acids is 1. The van der Waals surface area contributed by atoms with Crippen LogP contribution in [0.25, 0.3) is 0 Å². The van der Waals surface area contributed by atoms with Crippen LogP contribution in [0.2, 0.25) is 0 Å². The standard InChI is InChI=1S/C8H10N4O4/c1-3(6(9)13)12-7(14)4-5(8(15)16)11-2-10-4/h2-3H,1H3,(H2,9,13)(H,10,11)(H,12,14)(H,15,16). The number of carbonyl (C=O) groups is 3. The molecule has 0 radical (unpaired) electrons. The van der Waals surface area contributed by atoms with Gasteiger partial charge in [-0.2, -0.15) is 0 Å². The van der Waals surface area contributed by atoms with E-state index in [1.54, 1.807) is 0 Å². The molecule has 0 aliphatic rings. The van der Waals surface area contributed by atoms with Gasteiger partial charge < -0.3 is 21.1 Å². The van der Waals surface area contributed by atoms with Gasteiger partial charge in [0.2, 0.25) is 5.91 Å². The summed E-state index contributed by atoms with van der Waals surface area (Å²) in [6.07, 6.45) is 1.08. The average molecular weight is 226 g/mol. The number of carboxylic acids is 1. The number of aromatic amines is 1. The van der Waals surface area contributed by atoms with Crippen LogP contribution in [0, 0.1) is 0 Å². The lowest BCUT2D eigenvalue weighted by molar-refractivity contribution is -0.119. The fourth-order valence-corrected chi connectivity index (χ4v) is 0.966. The number of H-pyrrole nitrogens is 1. The van der Waals surface area contributed by atoms with E-state index >= 15 is 0 Å². The molecule has 1 aromatic heterocycles. The Morgan fingerprint density at radius 3 is 2.69 bits per heavy atom. The molecule has 1 heterocycles. The Kier molecular flexibility index (Phi) is 3.24. The molecular formula is C8H10N4O4. The van der Waals surface area contributed by atoms with Crippen molar-refractivity contribution >= 4 is 17.8 Å². The van der Waals surface area contributed by atoms with Crippen LogP contribution in [0.3, 0.4) is 0 Å². The second kappa shape index (κ2) is 4.43. The minimum absolute atomic E-state index is 0.291. The first kappa shape index (κ1) is 11.7. The highest BCUT2D eigenvalue weighted by Crippen LogP contribution is 2.02. The van der Waals surface area contributed by atoms with Crippen LogP contribution in [0.5, 0.6) is 0 Å². The number of nitrogens with two attached hydrogens (primary N) is 1. The first-order valence-electron chi connectivity index (χ1n) is 4.30. The highest BCUT2D eigenvalue weighted by Gasteiger charge is 2.22. The molecule has 0 saturated heterocycles. The molecule has 16 heavy (non-hydrogen) atoms. The molecule has 0 aliphatic heterocycles. The van der Waals surface area contributed by atoms with Crippen molar-refractivity contribution in [1.29, 1.82) is 0 Å². The molecule has 0 aliphatic carbocycles. The van der Waals surface area contributed by atoms with Crippen LogP contribution in [-0.4, -0.2) is 38.9 Å². The highest BCUT2D eigenvalue weighted by atomic mass is 16.4. The third-order valence-electron chi connectivity index (χ3n) is 1.84. The maximum Gasteiger partial charge on any atom is 0.354 e. The largest absolute Gasteiger partial charge is 0.477 e. The maximum absolute atomic E-state index is 11.5. The number of carboxylic acid groups (broad SMARTS) is 1. The summed E-state index contributed by atoms with van der Waals surface area (Å²) in [5, 5.41) is 10.9. The van der Waals surface area contributed by atoms with E-state index in [1.165, 1.54) is 6.92 Å². The molecule has 2 amide bonds. The summed E-state index contributed by atoms with van der Waals surface area (Å²) in [6, 6.07) is -0.897. The third-order valence-corrected chi connectivity index (χ3v) is 1.84. The van der Waals surface area contributed by atoms with Crippen molar-refractivity contribution in [1.82, 2.24) is 15.3 Å². The van der Waals surface area contributed by atoms with Crippen molar-refractivity contribution in [3.8, 4) is 0 Å². The monoisotopic (exact) mass is 226 g/mol. The second-order valence-corrected chi connectivity index (χ2v) is 3.03. The van der Waals surface area contributed by atoms with E-state index in [0.717, 1.165) is 6.33 Å². The van der Waals surface area contributed by atoms with Gasteiger partial charge in [-0.15, -0.1) is 0 Å². The number of hydrogen-bond acceptors (Lipinski definition) is 4.